The van der Waals surface area contributed by atoms with Gasteiger partial charge in [0, 0.05) is 51.2 Å². The van der Waals surface area contributed by atoms with E-state index in [2.05, 4.69) is 6.92 Å². The standard InChI is InChI=1S/C19H44O6Si2/c1-8-15-16-17-19(27(23-12-5,24-13-6)25-14-7)18-26(20-9-2,21-10-3)22-11-4/h19H,8-18H2,1-7H3. The van der Waals surface area contributed by atoms with Crippen molar-refractivity contribution in [3.63, 3.8) is 0 Å². The van der Waals surface area contributed by atoms with Crippen LogP contribution in [0.1, 0.15) is 74.1 Å². The Morgan fingerprint density at radius 2 is 0.963 bits per heavy atom. The van der Waals surface area contributed by atoms with Gasteiger partial charge >= 0.3 is 17.6 Å². The lowest BCUT2D eigenvalue weighted by molar-refractivity contribution is 0.0473. The van der Waals surface area contributed by atoms with Crippen LogP contribution in [0.3, 0.4) is 0 Å². The van der Waals surface area contributed by atoms with Crippen LogP contribution in [0, 0.1) is 0 Å². The molecule has 1 atom stereocenters. The zero-order valence-electron chi connectivity index (χ0n) is 18.8. The summed E-state index contributed by atoms with van der Waals surface area (Å²) in [4.78, 5) is 0. The fourth-order valence-corrected chi connectivity index (χ4v) is 10.6. The van der Waals surface area contributed by atoms with Gasteiger partial charge in [0.1, 0.15) is 0 Å². The molecule has 0 heterocycles. The average molecular weight is 425 g/mol. The Labute approximate surface area is 169 Å². The minimum absolute atomic E-state index is 0.111. The van der Waals surface area contributed by atoms with E-state index in [-0.39, 0.29) is 5.54 Å². The lowest BCUT2D eigenvalue weighted by Crippen LogP contribution is -2.55. The second kappa shape index (κ2) is 16.0. The van der Waals surface area contributed by atoms with Gasteiger partial charge in [-0.3, -0.25) is 0 Å². The molecule has 0 aliphatic heterocycles. The molecule has 0 rings (SSSR count). The first kappa shape index (κ1) is 27.2. The van der Waals surface area contributed by atoms with Crippen molar-refractivity contribution < 1.29 is 26.6 Å². The Hall–Kier alpha value is 0.194. The minimum atomic E-state index is -2.88. The molecule has 8 heteroatoms. The maximum atomic E-state index is 6.23. The summed E-state index contributed by atoms with van der Waals surface area (Å²) >= 11 is 0. The smallest absolute Gasteiger partial charge is 0.374 e. The molecule has 0 aliphatic rings. The lowest BCUT2D eigenvalue weighted by Gasteiger charge is -2.39. The first-order valence-electron chi connectivity index (χ1n) is 10.9. The van der Waals surface area contributed by atoms with Crippen LogP contribution in [0.5, 0.6) is 0 Å². The maximum absolute atomic E-state index is 6.23. The molecule has 0 saturated heterocycles. The molecule has 0 aliphatic carbocycles. The number of hydrogen-bond donors (Lipinski definition) is 0. The van der Waals surface area contributed by atoms with Crippen molar-refractivity contribution in [2.24, 2.45) is 0 Å². The molecule has 0 aromatic heterocycles. The van der Waals surface area contributed by atoms with Crippen LogP contribution in [0.15, 0.2) is 0 Å². The molecule has 6 nitrogen and oxygen atoms in total. The molecular formula is C19H44O6Si2. The second-order valence-corrected chi connectivity index (χ2v) is 11.8. The summed E-state index contributed by atoms with van der Waals surface area (Å²) in [7, 11) is -5.70. The highest BCUT2D eigenvalue weighted by Gasteiger charge is 2.55. The summed E-state index contributed by atoms with van der Waals surface area (Å²) in [5, 5.41) is 0. The predicted octanol–water partition coefficient (Wildman–Crippen LogP) is 5.03. The van der Waals surface area contributed by atoms with Crippen molar-refractivity contribution in [2.45, 2.75) is 85.7 Å². The van der Waals surface area contributed by atoms with Crippen molar-refractivity contribution in [1.29, 1.82) is 0 Å². The monoisotopic (exact) mass is 424 g/mol. The van der Waals surface area contributed by atoms with Crippen LogP contribution >= 0.6 is 0 Å². The molecule has 0 fully saturated rings. The van der Waals surface area contributed by atoms with Gasteiger partial charge in [0.25, 0.3) is 0 Å². The average Bonchev–Trinajstić information content (AvgIpc) is 2.62. The Balaban J connectivity index is 5.82. The molecule has 0 spiro atoms. The van der Waals surface area contributed by atoms with Gasteiger partial charge in [0.15, 0.2) is 0 Å². The van der Waals surface area contributed by atoms with E-state index in [0.717, 1.165) is 12.8 Å². The van der Waals surface area contributed by atoms with Crippen molar-refractivity contribution >= 4 is 17.6 Å². The number of rotatable bonds is 19. The Kier molecular flexibility index (Phi) is 16.2. The normalized spacial score (nSPS) is 13.9. The molecule has 0 aromatic rings. The zero-order chi connectivity index (χ0) is 20.6. The molecule has 0 N–H and O–H groups in total. The van der Waals surface area contributed by atoms with Crippen LogP contribution < -0.4 is 0 Å². The van der Waals surface area contributed by atoms with Gasteiger partial charge in [-0.15, -0.1) is 0 Å². The Bertz CT molecular complexity index is 312. The van der Waals surface area contributed by atoms with Crippen LogP contribution in [-0.4, -0.2) is 57.3 Å². The van der Waals surface area contributed by atoms with Gasteiger partial charge in [-0.2, -0.15) is 0 Å². The van der Waals surface area contributed by atoms with E-state index < -0.39 is 17.6 Å². The SMILES string of the molecule is CCCCCC(C[Si](OCC)(OCC)OCC)[Si](OCC)(OCC)OCC. The molecule has 0 saturated carbocycles. The first-order valence-corrected chi connectivity index (χ1v) is 14.6. The molecule has 0 bridgehead atoms. The van der Waals surface area contributed by atoms with E-state index in [9.17, 15) is 0 Å². The van der Waals surface area contributed by atoms with Gasteiger partial charge in [-0.25, -0.2) is 0 Å². The lowest BCUT2D eigenvalue weighted by atomic mass is 10.2. The summed E-state index contributed by atoms with van der Waals surface area (Å²) in [6, 6.07) is 0.679. The second-order valence-electron chi connectivity index (χ2n) is 6.28. The Morgan fingerprint density at radius 3 is 1.30 bits per heavy atom. The quantitative estimate of drug-likeness (QED) is 0.214. The van der Waals surface area contributed by atoms with E-state index in [4.69, 9.17) is 26.6 Å². The van der Waals surface area contributed by atoms with Crippen LogP contribution in [0.4, 0.5) is 0 Å². The van der Waals surface area contributed by atoms with Gasteiger partial charge in [0.05, 0.1) is 0 Å². The van der Waals surface area contributed by atoms with Gasteiger partial charge in [0.2, 0.25) is 0 Å². The van der Waals surface area contributed by atoms with E-state index in [1.165, 1.54) is 12.8 Å². The first-order chi connectivity index (χ1) is 13.0. The van der Waals surface area contributed by atoms with Gasteiger partial charge < -0.3 is 26.6 Å². The molecule has 1 unspecified atom stereocenters. The zero-order valence-corrected chi connectivity index (χ0v) is 20.8. The minimum Gasteiger partial charge on any atom is -0.374 e. The highest BCUT2D eigenvalue weighted by Crippen LogP contribution is 2.39. The van der Waals surface area contributed by atoms with Crippen molar-refractivity contribution in [1.82, 2.24) is 0 Å². The summed E-state index contributed by atoms with van der Waals surface area (Å²) in [5.41, 5.74) is 0.111. The molecule has 27 heavy (non-hydrogen) atoms. The molecular weight excluding hydrogens is 380 g/mol. The Morgan fingerprint density at radius 1 is 0.556 bits per heavy atom. The molecule has 0 aromatic carbocycles. The third-order valence-corrected chi connectivity index (χ3v) is 11.4. The summed E-state index contributed by atoms with van der Waals surface area (Å²) in [5.74, 6) is 0. The fraction of sp³-hybridized carbons (Fsp3) is 1.00. The van der Waals surface area contributed by atoms with Crippen molar-refractivity contribution in [3.05, 3.63) is 0 Å². The number of hydrogen-bond acceptors (Lipinski definition) is 6. The molecule has 0 amide bonds. The fourth-order valence-electron chi connectivity index (χ4n) is 3.39. The molecule has 164 valence electrons. The summed E-state index contributed by atoms with van der Waals surface area (Å²) in [6.45, 7) is 17.6. The summed E-state index contributed by atoms with van der Waals surface area (Å²) in [6.07, 6.45) is 4.43. The summed E-state index contributed by atoms with van der Waals surface area (Å²) < 4.78 is 37.1. The van der Waals surface area contributed by atoms with Crippen LogP contribution in [0.25, 0.3) is 0 Å². The largest absolute Gasteiger partial charge is 0.504 e. The van der Waals surface area contributed by atoms with E-state index in [0.29, 0.717) is 45.7 Å². The van der Waals surface area contributed by atoms with Crippen LogP contribution in [-0.2, 0) is 26.6 Å². The highest BCUT2D eigenvalue weighted by atomic mass is 28.4. The predicted molar refractivity (Wildman–Crippen MR) is 114 cm³/mol. The van der Waals surface area contributed by atoms with E-state index in [1.807, 2.05) is 41.5 Å². The van der Waals surface area contributed by atoms with Crippen molar-refractivity contribution in [3.8, 4) is 0 Å². The van der Waals surface area contributed by atoms with Gasteiger partial charge in [-0.05, 0) is 48.0 Å². The van der Waals surface area contributed by atoms with E-state index >= 15 is 0 Å². The third-order valence-electron chi connectivity index (χ3n) is 4.28. The maximum Gasteiger partial charge on any atom is 0.504 e. The third kappa shape index (κ3) is 9.49. The molecule has 0 radical (unpaired) electrons. The topological polar surface area (TPSA) is 55.4 Å². The number of unbranched alkanes of at least 4 members (excludes halogenated alkanes) is 2. The van der Waals surface area contributed by atoms with Crippen molar-refractivity contribution in [2.75, 3.05) is 39.6 Å². The van der Waals surface area contributed by atoms with Crippen LogP contribution in [0.2, 0.25) is 11.6 Å². The van der Waals surface area contributed by atoms with E-state index in [1.54, 1.807) is 0 Å². The van der Waals surface area contributed by atoms with Gasteiger partial charge in [-0.1, -0.05) is 26.2 Å². The highest BCUT2D eigenvalue weighted by molar-refractivity contribution is 6.68.